The molecule has 1 unspecified atom stereocenters. The molecule has 1 saturated heterocycles. The zero-order chi connectivity index (χ0) is 42.4. The smallest absolute Gasteiger partial charge is 0.427 e. The zero-order valence-corrected chi connectivity index (χ0v) is 34.2. The van der Waals surface area contributed by atoms with E-state index in [1.54, 1.807) is 31.2 Å². The number of hydrogen-bond donors (Lipinski definition) is 3. The van der Waals surface area contributed by atoms with Gasteiger partial charge in [-0.05, 0) is 83.3 Å². The quantitative estimate of drug-likeness (QED) is 0.297. The largest absolute Gasteiger partial charge is 0.497 e. The number of carbonyl (C=O) groups is 4. The molecule has 318 valence electrons. The highest BCUT2D eigenvalue weighted by molar-refractivity contribution is 7.91. The van der Waals surface area contributed by atoms with E-state index in [1.807, 2.05) is 13.0 Å². The molecule has 4 aliphatic rings. The van der Waals surface area contributed by atoms with Crippen molar-refractivity contribution in [1.29, 1.82) is 0 Å². The Morgan fingerprint density at radius 2 is 1.84 bits per heavy atom. The number of hydrogen-bond acceptors (Lipinski definition) is 11. The molecule has 0 radical (unpaired) electrons. The summed E-state index contributed by atoms with van der Waals surface area (Å²) in [5.41, 5.74) is -3.55. The second kappa shape index (κ2) is 15.8. The van der Waals surface area contributed by atoms with Gasteiger partial charge in [0.1, 0.15) is 29.5 Å². The van der Waals surface area contributed by atoms with Crippen LogP contribution in [0.25, 0.3) is 11.0 Å². The third-order valence-corrected chi connectivity index (χ3v) is 14.1. The van der Waals surface area contributed by atoms with Gasteiger partial charge in [-0.3, -0.25) is 19.1 Å². The van der Waals surface area contributed by atoms with Crippen molar-refractivity contribution < 1.29 is 55.0 Å². The number of sulfonamides is 1. The minimum atomic E-state index is -4.92. The standard InChI is InChI=1S/C39H51F3N6O9S/c1-7-23-16-22(2)10-8-9-11-24-19-38(24,34(51)47-58(53,54)37(5)14-15-37)46-32(49)29-18-26(56-30-20-43-27-13-12-25(55-6)17-28(27)44-30)21-48(29)33(50)31(23)45-35(52)57-36(3,4)39(40,41)42/h9,11-13,17,20,22-24,26,29,31H,7-8,10,14-16,18-19,21H2,1-6H3,(H,45,52)(H,46,49)(H,47,51)/b11-9-/t22-,23-,24-,26-,29?,31+,38-/m1/s1. The Kier molecular flexibility index (Phi) is 11.7. The monoisotopic (exact) mass is 836 g/mol. The molecule has 15 nitrogen and oxygen atoms in total. The van der Waals surface area contributed by atoms with E-state index in [0.29, 0.717) is 69.2 Å². The van der Waals surface area contributed by atoms with Crippen LogP contribution in [0.3, 0.4) is 0 Å². The van der Waals surface area contributed by atoms with Crippen LogP contribution >= 0.6 is 0 Å². The van der Waals surface area contributed by atoms with Crippen molar-refractivity contribution in [2.24, 2.45) is 17.8 Å². The van der Waals surface area contributed by atoms with Crippen molar-refractivity contribution >= 4 is 44.9 Å². The van der Waals surface area contributed by atoms with Gasteiger partial charge in [0.25, 0.3) is 5.91 Å². The van der Waals surface area contributed by atoms with Crippen LogP contribution in [0.15, 0.2) is 36.5 Å². The number of carbonyl (C=O) groups excluding carboxylic acids is 4. The van der Waals surface area contributed by atoms with Crippen LogP contribution < -0.4 is 24.8 Å². The highest BCUT2D eigenvalue weighted by Gasteiger charge is 2.63. The summed E-state index contributed by atoms with van der Waals surface area (Å²) >= 11 is 0. The summed E-state index contributed by atoms with van der Waals surface area (Å²) in [5.74, 6) is -3.05. The Balaban J connectivity index is 1.35. The molecule has 3 fully saturated rings. The molecule has 0 spiro atoms. The minimum absolute atomic E-state index is 0.0357. The van der Waals surface area contributed by atoms with E-state index in [9.17, 15) is 40.8 Å². The zero-order valence-electron chi connectivity index (χ0n) is 33.4. The van der Waals surface area contributed by atoms with Crippen molar-refractivity contribution in [3.63, 3.8) is 0 Å². The van der Waals surface area contributed by atoms with E-state index < -0.39 is 85.9 Å². The SMILES string of the molecule is CC[C@@H]1C[C@H](C)CC/C=C\[C@@H]2C[C@@]2(C(=O)NS(=O)(=O)C2(C)CC2)NC(=O)C2C[C@@H](Oc3cnc4ccc(OC)cc4n3)CN2C(=O)[C@H]1NC(=O)OC(C)(C)C(F)(F)F. The van der Waals surface area contributed by atoms with E-state index in [0.717, 1.165) is 0 Å². The number of ether oxygens (including phenoxy) is 3. The van der Waals surface area contributed by atoms with Gasteiger partial charge in [0.05, 0.1) is 35.6 Å². The summed E-state index contributed by atoms with van der Waals surface area (Å²) in [6.45, 7) is 6.44. The highest BCUT2D eigenvalue weighted by Crippen LogP contribution is 2.47. The fraction of sp³-hybridized carbons (Fsp3) is 0.641. The van der Waals surface area contributed by atoms with Crippen LogP contribution in [0.2, 0.25) is 0 Å². The lowest BCUT2D eigenvalue weighted by atomic mass is 9.85. The van der Waals surface area contributed by atoms with Gasteiger partial charge < -0.3 is 29.7 Å². The number of alkyl halides is 3. The molecule has 7 atom stereocenters. The molecule has 6 rings (SSSR count). The van der Waals surface area contributed by atoms with Crippen LogP contribution in [-0.4, -0.2) is 101 Å². The lowest BCUT2D eigenvalue weighted by molar-refractivity contribution is -0.244. The van der Waals surface area contributed by atoms with Gasteiger partial charge in [-0.25, -0.2) is 23.2 Å². The van der Waals surface area contributed by atoms with E-state index in [-0.39, 0.29) is 31.2 Å². The fourth-order valence-corrected chi connectivity index (χ4v) is 8.90. The number of alkyl carbamates (subject to hydrolysis) is 1. The average molecular weight is 837 g/mol. The van der Waals surface area contributed by atoms with Gasteiger partial charge in [-0.1, -0.05) is 32.4 Å². The molecule has 1 aromatic carbocycles. The van der Waals surface area contributed by atoms with Gasteiger partial charge in [-0.2, -0.15) is 13.2 Å². The second-order valence-electron chi connectivity index (χ2n) is 16.7. The number of amides is 4. The van der Waals surface area contributed by atoms with Gasteiger partial charge in [0.2, 0.25) is 33.3 Å². The third-order valence-electron chi connectivity index (χ3n) is 11.9. The van der Waals surface area contributed by atoms with E-state index >= 15 is 0 Å². The first kappa shape index (κ1) is 42.9. The van der Waals surface area contributed by atoms with Gasteiger partial charge in [0.15, 0.2) is 0 Å². The van der Waals surface area contributed by atoms with Crippen molar-refractivity contribution in [2.75, 3.05) is 13.7 Å². The summed E-state index contributed by atoms with van der Waals surface area (Å²) in [6.07, 6.45) is 0.360. The molecule has 2 saturated carbocycles. The van der Waals surface area contributed by atoms with E-state index in [2.05, 4.69) is 25.3 Å². The first-order valence-electron chi connectivity index (χ1n) is 19.5. The predicted molar refractivity (Wildman–Crippen MR) is 204 cm³/mol. The Morgan fingerprint density at radius 3 is 2.50 bits per heavy atom. The fourth-order valence-electron chi connectivity index (χ4n) is 7.59. The molecule has 3 N–H and O–H groups in total. The predicted octanol–water partition coefficient (Wildman–Crippen LogP) is 4.70. The van der Waals surface area contributed by atoms with Crippen molar-refractivity contribution in [2.45, 2.75) is 126 Å². The van der Waals surface area contributed by atoms with Gasteiger partial charge in [0, 0.05) is 18.4 Å². The Bertz CT molecular complexity index is 2080. The maximum Gasteiger partial charge on any atom is 0.427 e. The van der Waals surface area contributed by atoms with E-state index in [1.165, 1.54) is 25.1 Å². The van der Waals surface area contributed by atoms with Gasteiger partial charge >= 0.3 is 12.3 Å². The molecule has 2 aromatic rings. The van der Waals surface area contributed by atoms with Crippen LogP contribution in [0, 0.1) is 17.8 Å². The first-order valence-corrected chi connectivity index (χ1v) is 21.0. The molecule has 1 aromatic heterocycles. The number of methoxy groups -OCH3 is 1. The first-order chi connectivity index (χ1) is 27.1. The molecule has 2 aliphatic carbocycles. The van der Waals surface area contributed by atoms with Crippen LogP contribution in [-0.2, 0) is 29.1 Å². The summed E-state index contributed by atoms with van der Waals surface area (Å²) in [7, 11) is -2.58. The Hall–Kier alpha value is -4.68. The van der Waals surface area contributed by atoms with Crippen molar-refractivity contribution in [3.8, 4) is 11.6 Å². The lowest BCUT2D eigenvalue weighted by Crippen LogP contribution is -2.60. The molecule has 19 heteroatoms. The molecular weight excluding hydrogens is 786 g/mol. The van der Waals surface area contributed by atoms with Crippen molar-refractivity contribution in [1.82, 2.24) is 30.2 Å². The molecule has 2 aliphatic heterocycles. The number of fused-ring (bicyclic) bond motifs is 3. The topological polar surface area (TPSA) is 195 Å². The van der Waals surface area contributed by atoms with Crippen LogP contribution in [0.1, 0.15) is 86.0 Å². The van der Waals surface area contributed by atoms with Crippen LogP contribution in [0.5, 0.6) is 11.6 Å². The molecule has 0 bridgehead atoms. The summed E-state index contributed by atoms with van der Waals surface area (Å²) in [4.78, 5) is 66.5. The van der Waals surface area contributed by atoms with E-state index in [4.69, 9.17) is 14.2 Å². The highest BCUT2D eigenvalue weighted by atomic mass is 32.2. The molecule has 3 heterocycles. The minimum Gasteiger partial charge on any atom is -0.497 e. The number of halogens is 3. The molecule has 58 heavy (non-hydrogen) atoms. The maximum absolute atomic E-state index is 14.8. The average Bonchev–Trinajstić information content (AvgIpc) is 4.03. The number of benzene rings is 1. The number of nitrogens with zero attached hydrogens (tertiary/aromatic N) is 3. The number of rotatable bonds is 9. The summed E-state index contributed by atoms with van der Waals surface area (Å²) in [5, 5.41) is 5.20. The lowest BCUT2D eigenvalue weighted by Gasteiger charge is -2.35. The van der Waals surface area contributed by atoms with Crippen LogP contribution in [0.4, 0.5) is 18.0 Å². The normalized spacial score (nSPS) is 29.4. The number of aromatic nitrogens is 2. The Labute approximate surface area is 335 Å². The molecular formula is C39H51F3N6O9S. The third kappa shape index (κ3) is 8.83. The summed E-state index contributed by atoms with van der Waals surface area (Å²) in [6, 6.07) is 2.32. The second-order valence-corrected chi connectivity index (χ2v) is 18.9. The number of nitrogens with one attached hydrogen (secondary N) is 3. The molecule has 4 amide bonds. The Morgan fingerprint density at radius 1 is 1.12 bits per heavy atom. The maximum atomic E-state index is 14.8. The number of allylic oxidation sites excluding steroid dienone is 1. The summed E-state index contributed by atoms with van der Waals surface area (Å²) < 4.78 is 85.1. The van der Waals surface area contributed by atoms with Gasteiger partial charge in [-0.15, -0.1) is 0 Å². The van der Waals surface area contributed by atoms with Crippen molar-refractivity contribution in [3.05, 3.63) is 36.5 Å².